The molecule has 0 unspecified atom stereocenters. The molecule has 0 N–H and O–H groups in total. The maximum Gasteiger partial charge on any atom is 0.150 e. The average Bonchev–Trinajstić information content (AvgIpc) is 2.29. The SMILES string of the molecule is CCCSCc1cc(C=O)ccc1OC. The molecule has 1 aromatic carbocycles. The fourth-order valence-electron chi connectivity index (χ4n) is 1.31. The summed E-state index contributed by atoms with van der Waals surface area (Å²) < 4.78 is 5.25. The van der Waals surface area contributed by atoms with Crippen LogP contribution in [0.25, 0.3) is 0 Å². The number of thioether (sulfide) groups is 1. The van der Waals surface area contributed by atoms with Crippen LogP contribution in [0.4, 0.5) is 0 Å². The van der Waals surface area contributed by atoms with Crippen LogP contribution in [0, 0.1) is 0 Å². The maximum absolute atomic E-state index is 10.6. The molecule has 2 nitrogen and oxygen atoms in total. The van der Waals surface area contributed by atoms with Crippen molar-refractivity contribution in [2.45, 2.75) is 19.1 Å². The molecule has 0 radical (unpaired) electrons. The van der Waals surface area contributed by atoms with Crippen molar-refractivity contribution in [1.29, 1.82) is 0 Å². The average molecular weight is 224 g/mol. The normalized spacial score (nSPS) is 10.0. The third kappa shape index (κ3) is 3.59. The largest absolute Gasteiger partial charge is 0.496 e. The van der Waals surface area contributed by atoms with Crippen LogP contribution in [0.3, 0.4) is 0 Å². The third-order valence-electron chi connectivity index (χ3n) is 2.05. The molecular weight excluding hydrogens is 208 g/mol. The molecule has 0 atom stereocenters. The molecule has 0 spiro atoms. The van der Waals surface area contributed by atoms with Gasteiger partial charge in [-0.15, -0.1) is 0 Å². The molecule has 0 aromatic heterocycles. The number of benzene rings is 1. The van der Waals surface area contributed by atoms with Crippen LogP contribution in [-0.4, -0.2) is 19.1 Å². The van der Waals surface area contributed by atoms with Gasteiger partial charge in [0, 0.05) is 16.9 Å². The van der Waals surface area contributed by atoms with E-state index in [0.29, 0.717) is 5.56 Å². The Hall–Kier alpha value is -0.960. The van der Waals surface area contributed by atoms with Crippen molar-refractivity contribution in [2.24, 2.45) is 0 Å². The van der Waals surface area contributed by atoms with Gasteiger partial charge in [0.1, 0.15) is 12.0 Å². The molecule has 0 heterocycles. The van der Waals surface area contributed by atoms with Crippen molar-refractivity contribution in [2.75, 3.05) is 12.9 Å². The molecule has 1 rings (SSSR count). The van der Waals surface area contributed by atoms with Crippen LogP contribution in [0.1, 0.15) is 29.3 Å². The standard InChI is InChI=1S/C12H16O2S/c1-3-6-15-9-11-7-10(8-13)4-5-12(11)14-2/h4-5,7-8H,3,6,9H2,1-2H3. The Labute approximate surface area is 95.0 Å². The lowest BCUT2D eigenvalue weighted by Gasteiger charge is -2.08. The van der Waals surface area contributed by atoms with Gasteiger partial charge in [0.2, 0.25) is 0 Å². The summed E-state index contributed by atoms with van der Waals surface area (Å²) in [6.07, 6.45) is 2.04. The van der Waals surface area contributed by atoms with Gasteiger partial charge in [0.15, 0.2) is 0 Å². The number of ether oxygens (including phenoxy) is 1. The molecule has 0 aliphatic carbocycles. The van der Waals surface area contributed by atoms with Gasteiger partial charge in [-0.1, -0.05) is 6.92 Å². The number of rotatable bonds is 6. The van der Waals surface area contributed by atoms with Crippen molar-refractivity contribution < 1.29 is 9.53 Å². The Kier molecular flexibility index (Phi) is 5.26. The number of hydrogen-bond donors (Lipinski definition) is 0. The predicted molar refractivity (Wildman–Crippen MR) is 64.8 cm³/mol. The monoisotopic (exact) mass is 224 g/mol. The van der Waals surface area contributed by atoms with Crippen molar-refractivity contribution in [3.8, 4) is 5.75 Å². The van der Waals surface area contributed by atoms with Gasteiger partial charge in [-0.3, -0.25) is 4.79 Å². The van der Waals surface area contributed by atoms with Gasteiger partial charge in [-0.25, -0.2) is 0 Å². The van der Waals surface area contributed by atoms with Crippen LogP contribution < -0.4 is 4.74 Å². The molecule has 0 saturated carbocycles. The van der Waals surface area contributed by atoms with Gasteiger partial charge in [0.25, 0.3) is 0 Å². The van der Waals surface area contributed by atoms with Gasteiger partial charge in [-0.05, 0) is 30.4 Å². The Morgan fingerprint density at radius 2 is 2.27 bits per heavy atom. The van der Waals surface area contributed by atoms with E-state index in [1.165, 1.54) is 6.42 Å². The number of carbonyl (C=O) groups is 1. The Morgan fingerprint density at radius 1 is 1.47 bits per heavy atom. The molecule has 15 heavy (non-hydrogen) atoms. The van der Waals surface area contributed by atoms with Crippen molar-refractivity contribution in [3.05, 3.63) is 29.3 Å². The minimum absolute atomic E-state index is 0.711. The van der Waals surface area contributed by atoms with Gasteiger partial charge in [0.05, 0.1) is 7.11 Å². The first-order valence-corrected chi connectivity index (χ1v) is 6.17. The molecule has 0 saturated heterocycles. The molecule has 0 amide bonds. The Bertz CT molecular complexity index is 323. The smallest absolute Gasteiger partial charge is 0.150 e. The quantitative estimate of drug-likeness (QED) is 0.548. The van der Waals surface area contributed by atoms with Crippen LogP contribution in [0.2, 0.25) is 0 Å². The summed E-state index contributed by atoms with van der Waals surface area (Å²) in [5, 5.41) is 0. The van der Waals surface area contributed by atoms with E-state index in [1.807, 2.05) is 23.9 Å². The zero-order valence-electron chi connectivity index (χ0n) is 9.16. The molecule has 82 valence electrons. The minimum Gasteiger partial charge on any atom is -0.496 e. The molecule has 1 aromatic rings. The third-order valence-corrected chi connectivity index (χ3v) is 3.26. The maximum atomic E-state index is 10.6. The summed E-state index contributed by atoms with van der Waals surface area (Å²) in [6.45, 7) is 2.16. The summed E-state index contributed by atoms with van der Waals surface area (Å²) >= 11 is 1.86. The Balaban J connectivity index is 2.76. The molecule has 0 bridgehead atoms. The predicted octanol–water partition coefficient (Wildman–Crippen LogP) is 3.15. The topological polar surface area (TPSA) is 26.3 Å². The molecule has 0 fully saturated rings. The number of methoxy groups -OCH3 is 1. The molecule has 0 aliphatic rings. The second-order valence-corrected chi connectivity index (χ2v) is 4.35. The summed E-state index contributed by atoms with van der Waals surface area (Å²) in [6, 6.07) is 5.53. The van der Waals surface area contributed by atoms with E-state index in [0.717, 1.165) is 29.1 Å². The fourth-order valence-corrected chi connectivity index (χ4v) is 2.19. The summed E-state index contributed by atoms with van der Waals surface area (Å²) in [4.78, 5) is 10.6. The summed E-state index contributed by atoms with van der Waals surface area (Å²) in [7, 11) is 1.66. The highest BCUT2D eigenvalue weighted by atomic mass is 32.2. The van der Waals surface area contributed by atoms with E-state index in [-0.39, 0.29) is 0 Å². The van der Waals surface area contributed by atoms with E-state index < -0.39 is 0 Å². The first kappa shape index (κ1) is 12.1. The van der Waals surface area contributed by atoms with E-state index >= 15 is 0 Å². The molecule has 3 heteroatoms. The highest BCUT2D eigenvalue weighted by molar-refractivity contribution is 7.98. The number of carbonyl (C=O) groups excluding carboxylic acids is 1. The highest BCUT2D eigenvalue weighted by Gasteiger charge is 2.03. The van der Waals surface area contributed by atoms with Crippen LogP contribution >= 0.6 is 11.8 Å². The second kappa shape index (κ2) is 6.51. The number of aldehydes is 1. The second-order valence-electron chi connectivity index (χ2n) is 3.24. The Morgan fingerprint density at radius 3 is 2.87 bits per heavy atom. The van der Waals surface area contributed by atoms with Gasteiger partial charge in [-0.2, -0.15) is 11.8 Å². The molecular formula is C12H16O2S. The van der Waals surface area contributed by atoms with Crippen LogP contribution in [-0.2, 0) is 5.75 Å². The van der Waals surface area contributed by atoms with Crippen LogP contribution in [0.15, 0.2) is 18.2 Å². The lowest BCUT2D eigenvalue weighted by Crippen LogP contribution is -1.93. The zero-order chi connectivity index (χ0) is 11.1. The lowest BCUT2D eigenvalue weighted by atomic mass is 10.1. The van der Waals surface area contributed by atoms with Gasteiger partial charge < -0.3 is 4.74 Å². The van der Waals surface area contributed by atoms with Crippen LogP contribution in [0.5, 0.6) is 5.75 Å². The van der Waals surface area contributed by atoms with E-state index in [9.17, 15) is 4.79 Å². The lowest BCUT2D eigenvalue weighted by molar-refractivity contribution is 0.112. The van der Waals surface area contributed by atoms with E-state index in [2.05, 4.69) is 6.92 Å². The van der Waals surface area contributed by atoms with Crippen molar-refractivity contribution >= 4 is 18.0 Å². The first-order chi connectivity index (χ1) is 7.31. The fraction of sp³-hybridized carbons (Fsp3) is 0.417. The first-order valence-electron chi connectivity index (χ1n) is 5.01. The number of hydrogen-bond acceptors (Lipinski definition) is 3. The van der Waals surface area contributed by atoms with Crippen molar-refractivity contribution in [3.63, 3.8) is 0 Å². The summed E-state index contributed by atoms with van der Waals surface area (Å²) in [5.41, 5.74) is 1.81. The summed E-state index contributed by atoms with van der Waals surface area (Å²) in [5.74, 6) is 2.90. The van der Waals surface area contributed by atoms with E-state index in [1.54, 1.807) is 13.2 Å². The highest BCUT2D eigenvalue weighted by Crippen LogP contribution is 2.24. The zero-order valence-corrected chi connectivity index (χ0v) is 9.97. The van der Waals surface area contributed by atoms with Crippen molar-refractivity contribution in [1.82, 2.24) is 0 Å². The molecule has 0 aliphatic heterocycles. The van der Waals surface area contributed by atoms with E-state index in [4.69, 9.17) is 4.74 Å². The minimum atomic E-state index is 0.711. The van der Waals surface area contributed by atoms with Gasteiger partial charge >= 0.3 is 0 Å².